The summed E-state index contributed by atoms with van der Waals surface area (Å²) in [6.07, 6.45) is 0. The highest BCUT2D eigenvalue weighted by Crippen LogP contribution is 2.05. The van der Waals surface area contributed by atoms with Crippen molar-refractivity contribution in [3.8, 4) is 0 Å². The Hall–Kier alpha value is -0.730. The molecule has 0 radical (unpaired) electrons. The van der Waals surface area contributed by atoms with E-state index in [9.17, 15) is 4.79 Å². The number of carbonyl (C=O) groups excluding carboxylic acids is 1. The van der Waals surface area contributed by atoms with Crippen LogP contribution >= 0.6 is 0 Å². The lowest BCUT2D eigenvalue weighted by atomic mass is 10.2. The van der Waals surface area contributed by atoms with Gasteiger partial charge in [-0.3, -0.25) is 4.79 Å². The molecule has 142 valence electrons. The van der Waals surface area contributed by atoms with Crippen molar-refractivity contribution in [2.45, 2.75) is 47.1 Å². The number of rotatable bonds is 9. The van der Waals surface area contributed by atoms with Gasteiger partial charge in [0.25, 0.3) is 0 Å². The van der Waals surface area contributed by atoms with Crippen LogP contribution in [0.15, 0.2) is 0 Å². The molecule has 2 N–H and O–H groups in total. The van der Waals surface area contributed by atoms with Gasteiger partial charge >= 0.3 is 5.97 Å². The van der Waals surface area contributed by atoms with Crippen molar-refractivity contribution in [1.29, 1.82) is 0 Å². The van der Waals surface area contributed by atoms with E-state index in [1.165, 1.54) is 6.92 Å². The quantitative estimate of drug-likeness (QED) is 0.484. The molecule has 0 aromatic carbocycles. The Morgan fingerprint density at radius 2 is 1.22 bits per heavy atom. The average Bonchev–Trinajstić information content (AvgIpc) is 2.42. The van der Waals surface area contributed by atoms with E-state index in [1.54, 1.807) is 0 Å². The Bertz CT molecular complexity index is 217. The van der Waals surface area contributed by atoms with Crippen LogP contribution in [0.5, 0.6) is 0 Å². The molecule has 23 heavy (non-hydrogen) atoms. The maximum absolute atomic E-state index is 10.2. The van der Waals surface area contributed by atoms with Crippen LogP contribution in [0.3, 0.4) is 0 Å². The molecular formula is C16H36O7. The minimum absolute atomic E-state index is 0.0417. The van der Waals surface area contributed by atoms with E-state index in [0.29, 0.717) is 26.4 Å². The molecule has 0 spiro atoms. The molecule has 0 aromatic rings. The molecule has 0 fully saturated rings. The highest BCUT2D eigenvalue weighted by Gasteiger charge is 2.11. The summed E-state index contributed by atoms with van der Waals surface area (Å²) in [5, 5.41) is 16.5. The van der Waals surface area contributed by atoms with Crippen molar-refractivity contribution in [2.24, 2.45) is 0 Å². The van der Waals surface area contributed by atoms with Gasteiger partial charge in [-0.15, -0.1) is 0 Å². The fourth-order valence-corrected chi connectivity index (χ4v) is 1.09. The van der Waals surface area contributed by atoms with Gasteiger partial charge in [-0.1, -0.05) is 0 Å². The summed E-state index contributed by atoms with van der Waals surface area (Å²) in [5.41, 5.74) is -0.328. The summed E-state index contributed by atoms with van der Waals surface area (Å²) >= 11 is 0. The fourth-order valence-electron chi connectivity index (χ4n) is 1.09. The van der Waals surface area contributed by atoms with Gasteiger partial charge in [0.05, 0.1) is 39.6 Å². The zero-order valence-electron chi connectivity index (χ0n) is 15.6. The Labute approximate surface area is 140 Å². The van der Waals surface area contributed by atoms with Gasteiger partial charge < -0.3 is 29.2 Å². The SMILES string of the molecule is CC(=O)OC(C)(C)C.CCOCC.OCCOCCOCCO. The van der Waals surface area contributed by atoms with Crippen molar-refractivity contribution < 1.29 is 34.0 Å². The number of hydrogen-bond acceptors (Lipinski definition) is 7. The van der Waals surface area contributed by atoms with Crippen LogP contribution in [0.2, 0.25) is 0 Å². The van der Waals surface area contributed by atoms with E-state index in [4.69, 9.17) is 29.2 Å². The lowest BCUT2D eigenvalue weighted by molar-refractivity contribution is -0.151. The van der Waals surface area contributed by atoms with Crippen molar-refractivity contribution in [3.05, 3.63) is 0 Å². The number of aliphatic hydroxyl groups is 2. The number of ether oxygens (including phenoxy) is 4. The van der Waals surface area contributed by atoms with Crippen molar-refractivity contribution >= 4 is 5.97 Å². The molecule has 0 atom stereocenters. The van der Waals surface area contributed by atoms with Gasteiger partial charge in [0, 0.05) is 20.1 Å². The first-order chi connectivity index (χ1) is 10.7. The molecule has 0 saturated heterocycles. The largest absolute Gasteiger partial charge is 0.460 e. The summed E-state index contributed by atoms with van der Waals surface area (Å²) < 4.78 is 19.4. The lowest BCUT2D eigenvalue weighted by Gasteiger charge is -2.17. The van der Waals surface area contributed by atoms with Crippen molar-refractivity contribution in [1.82, 2.24) is 0 Å². The maximum Gasteiger partial charge on any atom is 0.303 e. The Morgan fingerprint density at radius 1 is 0.826 bits per heavy atom. The zero-order valence-corrected chi connectivity index (χ0v) is 15.6. The van der Waals surface area contributed by atoms with E-state index in [2.05, 4.69) is 0 Å². The van der Waals surface area contributed by atoms with Crippen LogP contribution < -0.4 is 0 Å². The summed E-state index contributed by atoms with van der Waals surface area (Å²) in [4.78, 5) is 10.2. The smallest absolute Gasteiger partial charge is 0.303 e. The maximum atomic E-state index is 10.2. The van der Waals surface area contributed by atoms with E-state index in [1.807, 2.05) is 34.6 Å². The van der Waals surface area contributed by atoms with E-state index in [0.717, 1.165) is 13.2 Å². The summed E-state index contributed by atoms with van der Waals surface area (Å²) in [7, 11) is 0. The minimum Gasteiger partial charge on any atom is -0.460 e. The van der Waals surface area contributed by atoms with Crippen molar-refractivity contribution in [2.75, 3.05) is 52.9 Å². The number of carbonyl (C=O) groups is 1. The second-order valence-corrected chi connectivity index (χ2v) is 5.16. The van der Waals surface area contributed by atoms with Crippen LogP contribution in [0, 0.1) is 0 Å². The topological polar surface area (TPSA) is 94.5 Å². The lowest BCUT2D eigenvalue weighted by Crippen LogP contribution is -2.21. The van der Waals surface area contributed by atoms with E-state index >= 15 is 0 Å². The monoisotopic (exact) mass is 340 g/mol. The molecule has 0 bridgehead atoms. The Kier molecular flexibility index (Phi) is 25.1. The van der Waals surface area contributed by atoms with Crippen LogP contribution in [0.4, 0.5) is 0 Å². The van der Waals surface area contributed by atoms with E-state index < -0.39 is 0 Å². The molecule has 7 heteroatoms. The molecule has 0 aliphatic carbocycles. The Balaban J connectivity index is -0.000000276. The number of hydrogen-bond donors (Lipinski definition) is 2. The fraction of sp³-hybridized carbons (Fsp3) is 0.938. The molecule has 0 rings (SSSR count). The van der Waals surface area contributed by atoms with E-state index in [-0.39, 0.29) is 24.8 Å². The molecular weight excluding hydrogens is 304 g/mol. The van der Waals surface area contributed by atoms with Gasteiger partial charge in [-0.25, -0.2) is 0 Å². The van der Waals surface area contributed by atoms with Crippen molar-refractivity contribution in [3.63, 3.8) is 0 Å². The molecule has 0 unspecified atom stereocenters. The third-order valence-corrected chi connectivity index (χ3v) is 1.70. The molecule has 7 nitrogen and oxygen atoms in total. The third-order valence-electron chi connectivity index (χ3n) is 1.70. The van der Waals surface area contributed by atoms with Gasteiger partial charge in [0.2, 0.25) is 0 Å². The standard InChI is InChI=1S/C6H14O4.C6H12O2.C4H10O/c7-1-3-9-5-6-10-4-2-8;1-5(7)8-6(2,3)4;1-3-5-4-2/h7-8H,1-6H2;1-4H3;3-4H2,1-2H3. The predicted molar refractivity (Wildman–Crippen MR) is 89.5 cm³/mol. The first-order valence-corrected chi connectivity index (χ1v) is 7.89. The first kappa shape index (κ1) is 27.1. The van der Waals surface area contributed by atoms with Gasteiger partial charge in [0.15, 0.2) is 0 Å². The van der Waals surface area contributed by atoms with Crippen LogP contribution in [-0.2, 0) is 23.7 Å². The zero-order chi connectivity index (χ0) is 18.6. The number of aliphatic hydroxyl groups excluding tert-OH is 2. The molecule has 0 aliphatic rings. The average molecular weight is 340 g/mol. The van der Waals surface area contributed by atoms with Gasteiger partial charge in [-0.2, -0.15) is 0 Å². The highest BCUT2D eigenvalue weighted by atomic mass is 16.6. The molecule has 0 saturated carbocycles. The first-order valence-electron chi connectivity index (χ1n) is 7.89. The summed E-state index contributed by atoms with van der Waals surface area (Å²) in [6.45, 7) is 14.3. The van der Waals surface area contributed by atoms with Crippen LogP contribution in [0.1, 0.15) is 41.5 Å². The Morgan fingerprint density at radius 3 is 1.35 bits per heavy atom. The molecule has 0 heterocycles. The summed E-state index contributed by atoms with van der Waals surface area (Å²) in [5.74, 6) is -0.225. The second-order valence-electron chi connectivity index (χ2n) is 5.16. The van der Waals surface area contributed by atoms with Crippen LogP contribution in [-0.4, -0.2) is 74.6 Å². The second kappa shape index (κ2) is 21.3. The third kappa shape index (κ3) is 44.9. The number of esters is 1. The molecule has 0 aromatic heterocycles. The minimum atomic E-state index is -0.328. The molecule has 0 aliphatic heterocycles. The van der Waals surface area contributed by atoms with Crippen LogP contribution in [0.25, 0.3) is 0 Å². The predicted octanol–water partition coefficient (Wildman–Crippen LogP) is 1.40. The normalized spacial score (nSPS) is 10.1. The molecule has 0 amide bonds. The highest BCUT2D eigenvalue weighted by molar-refractivity contribution is 5.66. The van der Waals surface area contributed by atoms with Gasteiger partial charge in [0.1, 0.15) is 5.60 Å². The van der Waals surface area contributed by atoms with Gasteiger partial charge in [-0.05, 0) is 34.6 Å². The summed E-state index contributed by atoms with van der Waals surface area (Å²) in [6, 6.07) is 0.